The molecule has 1 heteroatoms. The Hall–Kier alpha value is -0.0400. The molecule has 4 unspecified atom stereocenters. The van der Waals surface area contributed by atoms with E-state index in [1.54, 1.807) is 0 Å². The summed E-state index contributed by atoms with van der Waals surface area (Å²) in [6.07, 6.45) is 8.43. The highest BCUT2D eigenvalue weighted by molar-refractivity contribution is 5.19. The van der Waals surface area contributed by atoms with Crippen molar-refractivity contribution >= 4 is 0 Å². The Morgan fingerprint density at radius 2 is 1.33 bits per heavy atom. The maximum absolute atomic E-state index is 11.0. The lowest BCUT2D eigenvalue weighted by atomic mass is 9.34. The van der Waals surface area contributed by atoms with Crippen LogP contribution in [-0.2, 0) is 0 Å². The zero-order chi connectivity index (χ0) is 9.78. The average molecular weight is 204 g/mol. The van der Waals surface area contributed by atoms with Gasteiger partial charge in [0.25, 0.3) is 0 Å². The van der Waals surface area contributed by atoms with Gasteiger partial charge in [-0.05, 0) is 80.0 Å². The highest BCUT2D eigenvalue weighted by Gasteiger charge is 2.69. The number of aliphatic hydroxyl groups is 1. The van der Waals surface area contributed by atoms with Crippen LogP contribution >= 0.6 is 0 Å². The summed E-state index contributed by atoms with van der Waals surface area (Å²) in [5, 5.41) is 11.0. The van der Waals surface area contributed by atoms with Crippen molar-refractivity contribution < 1.29 is 5.11 Å². The predicted molar refractivity (Wildman–Crippen MR) is 57.1 cm³/mol. The summed E-state index contributed by atoms with van der Waals surface area (Å²) < 4.78 is 0. The molecule has 7 rings (SSSR count). The molecule has 0 radical (unpaired) electrons. The molecule has 1 nitrogen and oxygen atoms in total. The third-order valence-corrected chi connectivity index (χ3v) is 7.02. The van der Waals surface area contributed by atoms with Gasteiger partial charge in [0.1, 0.15) is 0 Å². The summed E-state index contributed by atoms with van der Waals surface area (Å²) in [5.74, 6) is 6.31. The van der Waals surface area contributed by atoms with E-state index in [2.05, 4.69) is 0 Å². The second-order valence-electron chi connectivity index (χ2n) is 7.31. The van der Waals surface area contributed by atoms with Gasteiger partial charge in [-0.1, -0.05) is 0 Å². The van der Waals surface area contributed by atoms with Crippen molar-refractivity contribution in [3.8, 4) is 0 Å². The molecule has 0 saturated heterocycles. The molecule has 7 aliphatic carbocycles. The lowest BCUT2D eigenvalue weighted by Crippen LogP contribution is -2.71. The highest BCUT2D eigenvalue weighted by atomic mass is 16.3. The van der Waals surface area contributed by atoms with Crippen LogP contribution in [0.2, 0.25) is 0 Å². The minimum Gasteiger partial charge on any atom is -0.389 e. The number of hydrogen-bond donors (Lipinski definition) is 1. The first-order valence-electron chi connectivity index (χ1n) is 6.98. The Balaban J connectivity index is 1.73. The zero-order valence-corrected chi connectivity index (χ0v) is 9.23. The Morgan fingerprint density at radius 3 is 2.00 bits per heavy atom. The van der Waals surface area contributed by atoms with Crippen LogP contribution in [0.3, 0.4) is 0 Å². The monoisotopic (exact) mass is 204 g/mol. The van der Waals surface area contributed by atoms with E-state index >= 15 is 0 Å². The molecule has 1 N–H and O–H groups in total. The molecule has 0 amide bonds. The van der Waals surface area contributed by atoms with Gasteiger partial charge in [0.2, 0.25) is 0 Å². The molecule has 7 fully saturated rings. The smallest absolute Gasteiger partial charge is 0.0712 e. The summed E-state index contributed by atoms with van der Waals surface area (Å²) in [5.41, 5.74) is -0.177. The number of rotatable bonds is 0. The molecule has 15 heavy (non-hydrogen) atoms. The van der Waals surface area contributed by atoms with Crippen LogP contribution in [0.4, 0.5) is 0 Å². The summed E-state index contributed by atoms with van der Waals surface area (Å²) in [7, 11) is 0. The fraction of sp³-hybridized carbons (Fsp3) is 1.00. The molecule has 82 valence electrons. The lowest BCUT2D eigenvalue weighted by molar-refractivity contribution is -0.287. The molecule has 0 aliphatic heterocycles. The van der Waals surface area contributed by atoms with E-state index in [1.807, 2.05) is 0 Å². The van der Waals surface area contributed by atoms with Gasteiger partial charge in [0.05, 0.1) is 5.60 Å². The van der Waals surface area contributed by atoms with E-state index < -0.39 is 0 Å². The van der Waals surface area contributed by atoms with Crippen LogP contribution in [0.1, 0.15) is 38.5 Å². The molecule has 8 bridgehead atoms. The Labute approximate surface area is 91.2 Å². The van der Waals surface area contributed by atoms with Crippen LogP contribution in [0.15, 0.2) is 0 Å². The normalized spacial score (nSPS) is 73.0. The lowest BCUT2D eigenvalue weighted by Gasteiger charge is -2.72. The molecule has 0 heterocycles. The van der Waals surface area contributed by atoms with Crippen molar-refractivity contribution in [2.45, 2.75) is 44.1 Å². The van der Waals surface area contributed by atoms with Crippen molar-refractivity contribution in [2.75, 3.05) is 0 Å². The van der Waals surface area contributed by atoms with E-state index in [0.717, 1.165) is 41.4 Å². The third kappa shape index (κ3) is 0.712. The molecular formula is C14H20O. The second-order valence-corrected chi connectivity index (χ2v) is 7.31. The van der Waals surface area contributed by atoms with Crippen LogP contribution in [-0.4, -0.2) is 10.7 Å². The van der Waals surface area contributed by atoms with E-state index in [1.165, 1.54) is 38.5 Å². The van der Waals surface area contributed by atoms with Gasteiger partial charge in [0, 0.05) is 0 Å². The minimum absolute atomic E-state index is 0.177. The second kappa shape index (κ2) is 2.16. The van der Waals surface area contributed by atoms with Crippen LogP contribution < -0.4 is 0 Å². The van der Waals surface area contributed by atoms with Gasteiger partial charge in [-0.25, -0.2) is 0 Å². The van der Waals surface area contributed by atoms with Crippen molar-refractivity contribution in [2.24, 2.45) is 41.4 Å². The van der Waals surface area contributed by atoms with Gasteiger partial charge in [0.15, 0.2) is 0 Å². The molecule has 0 aromatic heterocycles. The highest BCUT2D eigenvalue weighted by Crippen LogP contribution is 2.72. The molecule has 7 aliphatic rings. The molecular weight excluding hydrogens is 184 g/mol. The molecule has 0 aromatic carbocycles. The van der Waals surface area contributed by atoms with E-state index in [0.29, 0.717) is 0 Å². The summed E-state index contributed by atoms with van der Waals surface area (Å²) in [4.78, 5) is 0. The van der Waals surface area contributed by atoms with E-state index in [-0.39, 0.29) is 5.60 Å². The molecule has 4 atom stereocenters. The van der Waals surface area contributed by atoms with Gasteiger partial charge >= 0.3 is 0 Å². The third-order valence-electron chi connectivity index (χ3n) is 7.02. The molecule has 7 saturated carbocycles. The van der Waals surface area contributed by atoms with Crippen molar-refractivity contribution in [3.05, 3.63) is 0 Å². The quantitative estimate of drug-likeness (QED) is 0.642. The predicted octanol–water partition coefficient (Wildman–Crippen LogP) is 2.44. The Bertz CT molecular complexity index is 312. The van der Waals surface area contributed by atoms with Crippen molar-refractivity contribution in [3.63, 3.8) is 0 Å². The maximum atomic E-state index is 11.0. The fourth-order valence-corrected chi connectivity index (χ4v) is 6.91. The Morgan fingerprint density at radius 1 is 0.733 bits per heavy atom. The first-order chi connectivity index (χ1) is 7.25. The van der Waals surface area contributed by atoms with Gasteiger partial charge < -0.3 is 5.11 Å². The largest absolute Gasteiger partial charge is 0.389 e. The van der Waals surface area contributed by atoms with E-state index in [4.69, 9.17) is 0 Å². The zero-order valence-electron chi connectivity index (χ0n) is 9.23. The van der Waals surface area contributed by atoms with Crippen LogP contribution in [0, 0.1) is 41.4 Å². The van der Waals surface area contributed by atoms with Crippen molar-refractivity contribution in [1.29, 1.82) is 0 Å². The topological polar surface area (TPSA) is 20.2 Å². The van der Waals surface area contributed by atoms with Crippen LogP contribution in [0.5, 0.6) is 0 Å². The average Bonchev–Trinajstić information content (AvgIpc) is 2.24. The first-order valence-corrected chi connectivity index (χ1v) is 6.98. The summed E-state index contributed by atoms with van der Waals surface area (Å²) in [6, 6.07) is 0. The maximum Gasteiger partial charge on any atom is 0.0712 e. The van der Waals surface area contributed by atoms with Gasteiger partial charge in [-0.15, -0.1) is 0 Å². The van der Waals surface area contributed by atoms with E-state index in [9.17, 15) is 5.11 Å². The molecule has 0 spiro atoms. The van der Waals surface area contributed by atoms with Gasteiger partial charge in [-0.3, -0.25) is 0 Å². The SMILES string of the molecule is OC12CC3CC4C5CC(CC41)CC2C5C3. The Kier molecular flexibility index (Phi) is 1.17. The summed E-state index contributed by atoms with van der Waals surface area (Å²) in [6.45, 7) is 0. The van der Waals surface area contributed by atoms with Crippen molar-refractivity contribution in [1.82, 2.24) is 0 Å². The van der Waals surface area contributed by atoms with Gasteiger partial charge in [-0.2, -0.15) is 0 Å². The number of hydrogen-bond acceptors (Lipinski definition) is 1. The fourth-order valence-electron chi connectivity index (χ4n) is 6.91. The first kappa shape index (κ1) is 8.11. The summed E-state index contributed by atoms with van der Waals surface area (Å²) >= 11 is 0. The molecule has 0 aromatic rings. The standard InChI is InChI=1S/C14H20O/c15-14-6-8-2-10-9-1-7(4-12(10)14)5-13(14)11(9)3-8/h7-13,15H,1-6H2. The minimum atomic E-state index is -0.177. The van der Waals surface area contributed by atoms with Crippen LogP contribution in [0.25, 0.3) is 0 Å².